The van der Waals surface area contributed by atoms with Gasteiger partial charge >= 0.3 is 6.18 Å². The minimum absolute atomic E-state index is 0.0343. The molecule has 1 aliphatic carbocycles. The van der Waals surface area contributed by atoms with Gasteiger partial charge in [0.15, 0.2) is 0 Å². The maximum Gasteiger partial charge on any atom is 0.391 e. The molecule has 1 rings (SSSR count). The fourth-order valence-electron chi connectivity index (χ4n) is 1.26. The highest BCUT2D eigenvalue weighted by Crippen LogP contribution is 2.44. The maximum atomic E-state index is 11.8. The average Bonchev–Trinajstić information content (AvgIpc) is 1.74. The lowest BCUT2D eigenvalue weighted by Crippen LogP contribution is -2.36. The van der Waals surface area contributed by atoms with Gasteiger partial charge in [-0.2, -0.15) is 18.1 Å². The van der Waals surface area contributed by atoms with Gasteiger partial charge in [-0.15, -0.1) is 0 Å². The number of alkyl halides is 3. The topological polar surface area (TPSA) is 29.4 Å². The molecule has 5 heteroatoms. The Balaban J connectivity index is 2.24. The molecule has 0 aromatic carbocycles. The highest BCUT2D eigenvalue weighted by atomic mass is 19.4. The van der Waals surface area contributed by atoms with Crippen LogP contribution < -0.4 is 0 Å². The summed E-state index contributed by atoms with van der Waals surface area (Å²) in [6.07, 6.45) is -3.91. The number of hydrogen-bond acceptors (Lipinski definition) is 2. The van der Waals surface area contributed by atoms with Crippen LogP contribution in [0.15, 0.2) is 5.18 Å². The molecular weight excluding hydrogens is 159 g/mol. The second kappa shape index (κ2) is 2.79. The lowest BCUT2D eigenvalue weighted by atomic mass is 9.74. The molecule has 1 aliphatic rings. The Kier molecular flexibility index (Phi) is 2.15. The van der Waals surface area contributed by atoms with E-state index in [1.807, 2.05) is 0 Å². The van der Waals surface area contributed by atoms with Crippen LogP contribution in [0.25, 0.3) is 0 Å². The highest BCUT2D eigenvalue weighted by Gasteiger charge is 2.47. The van der Waals surface area contributed by atoms with Gasteiger partial charge < -0.3 is 0 Å². The molecule has 0 heterocycles. The number of hydrogen-bond donors (Lipinski definition) is 0. The Morgan fingerprint density at radius 2 is 1.91 bits per heavy atom. The zero-order chi connectivity index (χ0) is 8.48. The van der Waals surface area contributed by atoms with Gasteiger partial charge in [0.2, 0.25) is 0 Å². The van der Waals surface area contributed by atoms with Crippen molar-refractivity contribution in [3.8, 4) is 0 Å². The zero-order valence-corrected chi connectivity index (χ0v) is 5.77. The molecule has 0 radical (unpaired) electrons. The molecule has 11 heavy (non-hydrogen) atoms. The molecule has 0 spiro atoms. The van der Waals surface area contributed by atoms with Crippen LogP contribution >= 0.6 is 0 Å². The van der Waals surface area contributed by atoms with E-state index in [9.17, 15) is 18.1 Å². The molecule has 0 N–H and O–H groups in total. The molecule has 0 amide bonds. The predicted molar refractivity (Wildman–Crippen MR) is 32.9 cm³/mol. The van der Waals surface area contributed by atoms with E-state index in [-0.39, 0.29) is 25.3 Å². The van der Waals surface area contributed by atoms with E-state index < -0.39 is 12.1 Å². The molecule has 2 nitrogen and oxygen atoms in total. The molecule has 64 valence electrons. The number of halogens is 3. The molecule has 1 saturated carbocycles. The number of nitrogens with zero attached hydrogens (tertiary/aromatic N) is 1. The molecule has 0 aromatic heterocycles. The molecule has 0 aromatic rings. The maximum absolute atomic E-state index is 11.8. The van der Waals surface area contributed by atoms with Crippen molar-refractivity contribution >= 4 is 0 Å². The smallest absolute Gasteiger partial charge is 0.171 e. The molecule has 0 saturated heterocycles. The Morgan fingerprint density at radius 3 is 2.27 bits per heavy atom. The van der Waals surface area contributed by atoms with Gasteiger partial charge in [0, 0.05) is 0 Å². The van der Waals surface area contributed by atoms with Gasteiger partial charge in [-0.05, 0) is 18.8 Å². The summed E-state index contributed by atoms with van der Waals surface area (Å²) in [5, 5.41) is 2.56. The van der Waals surface area contributed by atoms with E-state index in [1.165, 1.54) is 0 Å². The van der Waals surface area contributed by atoms with Gasteiger partial charge in [-0.25, -0.2) is 0 Å². The Morgan fingerprint density at radius 1 is 1.36 bits per heavy atom. The molecular formula is C6H8F3NO. The van der Waals surface area contributed by atoms with Crippen LogP contribution in [0, 0.1) is 16.7 Å². The summed E-state index contributed by atoms with van der Waals surface area (Å²) in [4.78, 5) is 9.63. The highest BCUT2D eigenvalue weighted by molar-refractivity contribution is 4.85. The lowest BCUT2D eigenvalue weighted by Gasteiger charge is -2.34. The van der Waals surface area contributed by atoms with E-state index in [4.69, 9.17) is 0 Å². The lowest BCUT2D eigenvalue weighted by molar-refractivity contribution is -0.203. The second-order valence-corrected chi connectivity index (χ2v) is 2.89. The first-order valence-corrected chi connectivity index (χ1v) is 3.40. The fourth-order valence-corrected chi connectivity index (χ4v) is 1.26. The van der Waals surface area contributed by atoms with Crippen LogP contribution in [-0.2, 0) is 0 Å². The first-order valence-electron chi connectivity index (χ1n) is 3.40. The van der Waals surface area contributed by atoms with Crippen molar-refractivity contribution < 1.29 is 13.2 Å². The van der Waals surface area contributed by atoms with Gasteiger partial charge in [0.25, 0.3) is 0 Å². The predicted octanol–water partition coefficient (Wildman–Crippen LogP) is 2.34. The van der Waals surface area contributed by atoms with Gasteiger partial charge in [-0.1, -0.05) is 5.18 Å². The van der Waals surface area contributed by atoms with Gasteiger partial charge in [-0.3, -0.25) is 0 Å². The summed E-state index contributed by atoms with van der Waals surface area (Å²) in [6, 6.07) is 0. The Hall–Kier alpha value is -0.610. The van der Waals surface area contributed by atoms with Crippen molar-refractivity contribution in [3.05, 3.63) is 4.91 Å². The van der Waals surface area contributed by atoms with Crippen LogP contribution in [-0.4, -0.2) is 12.7 Å². The van der Waals surface area contributed by atoms with Crippen molar-refractivity contribution in [1.29, 1.82) is 0 Å². The summed E-state index contributed by atoms with van der Waals surface area (Å²) >= 11 is 0. The van der Waals surface area contributed by atoms with Crippen molar-refractivity contribution in [2.45, 2.75) is 19.0 Å². The summed E-state index contributed by atoms with van der Waals surface area (Å²) < 4.78 is 35.4. The second-order valence-electron chi connectivity index (χ2n) is 2.89. The van der Waals surface area contributed by atoms with Crippen LogP contribution in [0.2, 0.25) is 0 Å². The third-order valence-corrected chi connectivity index (χ3v) is 2.03. The average molecular weight is 167 g/mol. The summed E-state index contributed by atoms with van der Waals surface area (Å²) in [7, 11) is 0. The molecule has 1 fully saturated rings. The Bertz CT molecular complexity index is 150. The van der Waals surface area contributed by atoms with Crippen LogP contribution in [0.1, 0.15) is 12.8 Å². The minimum atomic E-state index is -4.07. The third-order valence-electron chi connectivity index (χ3n) is 2.03. The van der Waals surface area contributed by atoms with Crippen molar-refractivity contribution in [2.24, 2.45) is 17.0 Å². The SMILES string of the molecule is O=NCC1CC(C(F)(F)F)C1. The first-order chi connectivity index (χ1) is 5.04. The van der Waals surface area contributed by atoms with E-state index in [0.29, 0.717) is 0 Å². The third kappa shape index (κ3) is 1.91. The zero-order valence-electron chi connectivity index (χ0n) is 5.77. The normalized spacial score (nSPS) is 31.2. The van der Waals surface area contributed by atoms with Crippen LogP contribution in [0.4, 0.5) is 13.2 Å². The van der Waals surface area contributed by atoms with Crippen molar-refractivity contribution in [3.63, 3.8) is 0 Å². The quantitative estimate of drug-likeness (QED) is 0.580. The van der Waals surface area contributed by atoms with Crippen molar-refractivity contribution in [1.82, 2.24) is 0 Å². The van der Waals surface area contributed by atoms with Crippen LogP contribution in [0.3, 0.4) is 0 Å². The van der Waals surface area contributed by atoms with Crippen molar-refractivity contribution in [2.75, 3.05) is 6.54 Å². The fraction of sp³-hybridized carbons (Fsp3) is 1.00. The van der Waals surface area contributed by atoms with E-state index in [1.54, 1.807) is 0 Å². The molecule has 0 bridgehead atoms. The minimum Gasteiger partial charge on any atom is -0.171 e. The molecule has 0 unspecified atom stereocenters. The first kappa shape index (κ1) is 8.49. The Labute approximate surface area is 61.7 Å². The summed E-state index contributed by atoms with van der Waals surface area (Å²) in [6.45, 7) is 0.0343. The van der Waals surface area contributed by atoms with Gasteiger partial charge in [0.1, 0.15) is 0 Å². The number of rotatable bonds is 2. The van der Waals surface area contributed by atoms with Crippen LogP contribution in [0.5, 0.6) is 0 Å². The van der Waals surface area contributed by atoms with Gasteiger partial charge in [0.05, 0.1) is 12.5 Å². The van der Waals surface area contributed by atoms with E-state index in [0.717, 1.165) is 0 Å². The largest absolute Gasteiger partial charge is 0.391 e. The van der Waals surface area contributed by atoms with E-state index >= 15 is 0 Å². The standard InChI is InChI=1S/C6H8F3NO/c7-6(8,9)5-1-4(2-5)3-10-11/h4-5H,1-3H2. The number of nitroso groups, excluding NO2 is 1. The molecule has 0 aliphatic heterocycles. The molecule has 0 atom stereocenters. The summed E-state index contributed by atoms with van der Waals surface area (Å²) in [5.41, 5.74) is 0. The summed E-state index contributed by atoms with van der Waals surface area (Å²) in [5.74, 6) is -1.31. The monoisotopic (exact) mass is 167 g/mol. The van der Waals surface area contributed by atoms with E-state index in [2.05, 4.69) is 5.18 Å².